The van der Waals surface area contributed by atoms with E-state index >= 15 is 0 Å². The molecule has 0 heterocycles. The molecule has 3 aromatic rings. The van der Waals surface area contributed by atoms with Crippen LogP contribution in [0.4, 0.5) is 5.69 Å². The van der Waals surface area contributed by atoms with Crippen molar-refractivity contribution in [2.45, 2.75) is 33.4 Å². The van der Waals surface area contributed by atoms with E-state index in [2.05, 4.69) is 25.2 Å². The van der Waals surface area contributed by atoms with E-state index in [1.54, 1.807) is 36.4 Å². The molecule has 0 radical (unpaired) electrons. The van der Waals surface area contributed by atoms with Crippen LogP contribution in [-0.4, -0.2) is 19.3 Å². The summed E-state index contributed by atoms with van der Waals surface area (Å²) in [7, 11) is 1.34. The summed E-state index contributed by atoms with van der Waals surface area (Å²) in [5, 5.41) is 13.7. The Kier molecular flexibility index (Phi) is 8.44. The lowest BCUT2D eigenvalue weighted by atomic mass is 9.94. The predicted molar refractivity (Wildman–Crippen MR) is 137 cm³/mol. The molecule has 3 rings (SSSR count). The summed E-state index contributed by atoms with van der Waals surface area (Å²) in [4.78, 5) is 11.6. The Balaban J connectivity index is 1.76. The zero-order valence-electron chi connectivity index (χ0n) is 19.5. The fourth-order valence-corrected chi connectivity index (χ4v) is 4.35. The molecule has 1 N–H and O–H groups in total. The number of nitrogens with one attached hydrogen (secondary N) is 1. The van der Waals surface area contributed by atoms with E-state index in [1.807, 2.05) is 25.1 Å². The van der Waals surface area contributed by atoms with Gasteiger partial charge in [0.15, 0.2) is 6.23 Å². The molecule has 3 aromatic carbocycles. The molecule has 5 nitrogen and oxygen atoms in total. The van der Waals surface area contributed by atoms with Crippen LogP contribution < -0.4 is 10.1 Å². The maximum Gasteiger partial charge on any atom is 0.337 e. The molecule has 0 bridgehead atoms. The number of hydrogen-bond acceptors (Lipinski definition) is 5. The van der Waals surface area contributed by atoms with Gasteiger partial charge in [-0.1, -0.05) is 49.2 Å². The first-order valence-electron chi connectivity index (χ1n) is 10.9. The topological polar surface area (TPSA) is 71.3 Å². The first-order valence-corrected chi connectivity index (χ1v) is 11.6. The number of benzene rings is 3. The first kappa shape index (κ1) is 25.4. The highest BCUT2D eigenvalue weighted by Crippen LogP contribution is 2.38. The molecule has 0 spiro atoms. The lowest BCUT2D eigenvalue weighted by Gasteiger charge is -2.19. The van der Waals surface area contributed by atoms with E-state index in [4.69, 9.17) is 32.7 Å². The van der Waals surface area contributed by atoms with Crippen molar-refractivity contribution < 1.29 is 14.3 Å². The quantitative estimate of drug-likeness (QED) is 0.260. The average molecular weight is 497 g/mol. The zero-order valence-corrected chi connectivity index (χ0v) is 21.0. The van der Waals surface area contributed by atoms with Gasteiger partial charge >= 0.3 is 5.97 Å². The van der Waals surface area contributed by atoms with E-state index in [9.17, 15) is 10.1 Å². The third-order valence-electron chi connectivity index (χ3n) is 5.15. The minimum absolute atomic E-state index is 0.400. The molecular weight excluding hydrogens is 471 g/mol. The fourth-order valence-electron chi connectivity index (χ4n) is 3.64. The maximum atomic E-state index is 11.6. The van der Waals surface area contributed by atoms with Gasteiger partial charge in [0, 0.05) is 11.3 Å². The minimum atomic E-state index is -0.404. The Morgan fingerprint density at radius 3 is 2.24 bits per heavy atom. The SMILES string of the molecule is COC(=O)c1ccc(OC(C)Nc2cc(Cl)c(-c3ccc(CC(C)C)c(C#N)c3)c(Cl)c2)cc1. The summed E-state index contributed by atoms with van der Waals surface area (Å²) in [5.74, 6) is 0.635. The van der Waals surface area contributed by atoms with Gasteiger partial charge in [-0.05, 0) is 72.9 Å². The number of esters is 1. The van der Waals surface area contributed by atoms with Crippen LogP contribution >= 0.6 is 23.2 Å². The fraction of sp³-hybridized carbons (Fsp3) is 0.259. The van der Waals surface area contributed by atoms with Crippen LogP contribution in [0.1, 0.15) is 42.3 Å². The summed E-state index contributed by atoms with van der Waals surface area (Å²) >= 11 is 13.2. The molecule has 0 amide bonds. The summed E-state index contributed by atoms with van der Waals surface area (Å²) in [6.07, 6.45) is 0.430. The standard InChI is InChI=1S/C27H26Cl2N2O3/c1-16(2)11-19-5-6-20(12-21(19)15-30)26-24(28)13-22(14-25(26)29)31-17(3)34-23-9-7-18(8-10-23)27(32)33-4/h5-10,12-14,16-17,31H,11H2,1-4H3. The monoisotopic (exact) mass is 496 g/mol. The molecule has 0 saturated heterocycles. The van der Waals surface area contributed by atoms with Gasteiger partial charge in [0.1, 0.15) is 5.75 Å². The van der Waals surface area contributed by atoms with Crippen molar-refractivity contribution in [2.24, 2.45) is 5.92 Å². The Morgan fingerprint density at radius 1 is 1.03 bits per heavy atom. The highest BCUT2D eigenvalue weighted by Gasteiger charge is 2.15. The summed E-state index contributed by atoms with van der Waals surface area (Å²) in [6.45, 7) is 6.09. The zero-order chi connectivity index (χ0) is 24.8. The number of rotatable bonds is 8. The molecule has 0 saturated carbocycles. The first-order chi connectivity index (χ1) is 16.2. The van der Waals surface area contributed by atoms with E-state index in [-0.39, 0.29) is 0 Å². The second-order valence-electron chi connectivity index (χ2n) is 8.32. The Labute approximate surface area is 210 Å². The maximum absolute atomic E-state index is 11.6. The van der Waals surface area contributed by atoms with E-state index in [0.29, 0.717) is 44.1 Å². The summed E-state index contributed by atoms with van der Waals surface area (Å²) < 4.78 is 10.6. The van der Waals surface area contributed by atoms with Gasteiger partial charge in [0.2, 0.25) is 0 Å². The second kappa shape index (κ2) is 11.3. The Bertz CT molecular complexity index is 1190. The number of methoxy groups -OCH3 is 1. The van der Waals surface area contributed by atoms with Gasteiger partial charge in [0.05, 0.1) is 34.4 Å². The number of ether oxygens (including phenoxy) is 2. The molecule has 34 heavy (non-hydrogen) atoms. The number of hydrogen-bond donors (Lipinski definition) is 1. The number of carbonyl (C=O) groups is 1. The van der Waals surface area contributed by atoms with Crippen LogP contribution in [0.25, 0.3) is 11.1 Å². The van der Waals surface area contributed by atoms with Crippen molar-refractivity contribution in [3.8, 4) is 22.9 Å². The highest BCUT2D eigenvalue weighted by atomic mass is 35.5. The van der Waals surface area contributed by atoms with Crippen LogP contribution in [0.5, 0.6) is 5.75 Å². The van der Waals surface area contributed by atoms with Gasteiger partial charge < -0.3 is 14.8 Å². The smallest absolute Gasteiger partial charge is 0.337 e. The lowest BCUT2D eigenvalue weighted by molar-refractivity contribution is 0.0600. The number of nitrogens with zero attached hydrogens (tertiary/aromatic N) is 1. The molecule has 0 fully saturated rings. The number of carbonyl (C=O) groups excluding carboxylic acids is 1. The van der Waals surface area contributed by atoms with Gasteiger partial charge in [-0.3, -0.25) is 0 Å². The molecule has 0 aromatic heterocycles. The summed E-state index contributed by atoms with van der Waals surface area (Å²) in [6, 6.07) is 18.3. The van der Waals surface area contributed by atoms with E-state index in [0.717, 1.165) is 17.5 Å². The predicted octanol–water partition coefficient (Wildman–Crippen LogP) is 7.35. The van der Waals surface area contributed by atoms with Crippen LogP contribution in [0, 0.1) is 17.2 Å². The molecule has 0 aliphatic heterocycles. The van der Waals surface area contributed by atoms with Crippen molar-refractivity contribution in [3.63, 3.8) is 0 Å². The summed E-state index contributed by atoms with van der Waals surface area (Å²) in [5.41, 5.74) is 4.24. The minimum Gasteiger partial charge on any atom is -0.471 e. The molecule has 1 unspecified atom stereocenters. The van der Waals surface area contributed by atoms with Gasteiger partial charge in [-0.15, -0.1) is 0 Å². The highest BCUT2D eigenvalue weighted by molar-refractivity contribution is 6.39. The van der Waals surface area contributed by atoms with Crippen molar-refractivity contribution in [1.29, 1.82) is 5.26 Å². The van der Waals surface area contributed by atoms with Crippen LogP contribution in [-0.2, 0) is 11.2 Å². The normalized spacial score (nSPS) is 11.6. The van der Waals surface area contributed by atoms with Crippen LogP contribution in [0.15, 0.2) is 54.6 Å². The van der Waals surface area contributed by atoms with Gasteiger partial charge in [-0.2, -0.15) is 5.26 Å². The van der Waals surface area contributed by atoms with E-state index < -0.39 is 12.2 Å². The second-order valence-corrected chi connectivity index (χ2v) is 9.13. The number of halogens is 2. The van der Waals surface area contributed by atoms with Crippen LogP contribution in [0.2, 0.25) is 10.0 Å². The van der Waals surface area contributed by atoms with Crippen molar-refractivity contribution in [1.82, 2.24) is 0 Å². The molecular formula is C27H26Cl2N2O3. The third-order valence-corrected chi connectivity index (χ3v) is 5.74. The van der Waals surface area contributed by atoms with Crippen molar-refractivity contribution >= 4 is 34.9 Å². The van der Waals surface area contributed by atoms with Crippen molar-refractivity contribution in [3.05, 3.63) is 81.3 Å². The number of nitriles is 1. The van der Waals surface area contributed by atoms with Gasteiger partial charge in [0.25, 0.3) is 0 Å². The lowest BCUT2D eigenvalue weighted by Crippen LogP contribution is -2.22. The van der Waals surface area contributed by atoms with Crippen molar-refractivity contribution in [2.75, 3.05) is 12.4 Å². The molecule has 0 aliphatic carbocycles. The Hall–Kier alpha value is -3.20. The molecule has 7 heteroatoms. The Morgan fingerprint density at radius 2 is 1.68 bits per heavy atom. The molecule has 0 aliphatic rings. The molecule has 1 atom stereocenters. The third kappa shape index (κ3) is 6.22. The average Bonchev–Trinajstić information content (AvgIpc) is 2.79. The molecule has 176 valence electrons. The van der Waals surface area contributed by atoms with Gasteiger partial charge in [-0.25, -0.2) is 4.79 Å². The van der Waals surface area contributed by atoms with Crippen LogP contribution in [0.3, 0.4) is 0 Å². The van der Waals surface area contributed by atoms with E-state index in [1.165, 1.54) is 7.11 Å². The number of anilines is 1. The largest absolute Gasteiger partial charge is 0.471 e.